The number of imide groups is 1. The van der Waals surface area contributed by atoms with Crippen LogP contribution in [0.5, 0.6) is 5.75 Å². The van der Waals surface area contributed by atoms with Crippen LogP contribution in [0.15, 0.2) is 54.2 Å². The van der Waals surface area contributed by atoms with E-state index in [1.54, 1.807) is 13.0 Å². The highest BCUT2D eigenvalue weighted by Crippen LogP contribution is 2.63. The number of allylic oxidation sites excluding steroid dienone is 5. The third-order valence-corrected chi connectivity index (χ3v) is 9.14. The summed E-state index contributed by atoms with van der Waals surface area (Å²) in [6, 6.07) is 5.50. The maximum Gasteiger partial charge on any atom is 0.234 e. The molecule has 4 aliphatic rings. The minimum absolute atomic E-state index is 0.0913. The zero-order valence-electron chi connectivity index (χ0n) is 22.2. The Morgan fingerprint density at radius 1 is 1.14 bits per heavy atom. The van der Waals surface area contributed by atoms with E-state index in [2.05, 4.69) is 6.58 Å². The van der Waals surface area contributed by atoms with Gasteiger partial charge in [0.1, 0.15) is 5.75 Å². The molecule has 1 heterocycles. The number of nitrogens with zero attached hydrogens (tertiary/aromatic N) is 1. The highest BCUT2D eigenvalue weighted by atomic mass is 16.3. The fourth-order valence-corrected chi connectivity index (χ4v) is 7.57. The zero-order valence-corrected chi connectivity index (χ0v) is 22.2. The van der Waals surface area contributed by atoms with Crippen LogP contribution >= 0.6 is 0 Å². The average molecular weight is 502 g/mol. The zero-order chi connectivity index (χ0) is 27.0. The molecule has 1 saturated carbocycles. The lowest BCUT2D eigenvalue weighted by molar-refractivity contribution is -0.146. The Labute approximate surface area is 218 Å². The van der Waals surface area contributed by atoms with Gasteiger partial charge >= 0.3 is 0 Å². The number of hydrogen-bond acceptors (Lipinski definition) is 5. The van der Waals surface area contributed by atoms with E-state index in [1.165, 1.54) is 11.0 Å². The van der Waals surface area contributed by atoms with E-state index in [9.17, 15) is 24.3 Å². The van der Waals surface area contributed by atoms with Gasteiger partial charge in [-0.2, -0.15) is 0 Å². The Hall–Kier alpha value is -3.28. The average Bonchev–Trinajstić information content (AvgIpc) is 3.09. The molecule has 1 aromatic carbocycles. The van der Waals surface area contributed by atoms with Crippen molar-refractivity contribution in [2.75, 3.05) is 0 Å². The van der Waals surface area contributed by atoms with Gasteiger partial charge in [-0.05, 0) is 70.1 Å². The smallest absolute Gasteiger partial charge is 0.234 e. The van der Waals surface area contributed by atoms with Gasteiger partial charge < -0.3 is 5.11 Å². The van der Waals surface area contributed by atoms with Crippen LogP contribution in [0.4, 0.5) is 0 Å². The van der Waals surface area contributed by atoms with E-state index in [0.717, 1.165) is 5.57 Å². The van der Waals surface area contributed by atoms with E-state index in [0.29, 0.717) is 36.0 Å². The van der Waals surface area contributed by atoms with E-state index in [1.807, 2.05) is 52.0 Å². The van der Waals surface area contributed by atoms with E-state index >= 15 is 0 Å². The topological polar surface area (TPSA) is 91.8 Å². The minimum atomic E-state index is -1.11. The van der Waals surface area contributed by atoms with Crippen LogP contribution in [0.3, 0.4) is 0 Å². The molecule has 1 saturated heterocycles. The largest absolute Gasteiger partial charge is 0.507 e. The summed E-state index contributed by atoms with van der Waals surface area (Å²) in [5, 5.41) is 11.4. The molecule has 194 valence electrons. The number of phenolic OH excluding ortho intramolecular Hbond substituents is 1. The molecule has 1 aliphatic heterocycles. The fraction of sp³-hybridized carbons (Fsp3) is 0.484. The van der Waals surface area contributed by atoms with Gasteiger partial charge in [-0.25, -0.2) is 0 Å². The molecular formula is C31H35NO5. The number of ketones is 2. The molecule has 2 amide bonds. The van der Waals surface area contributed by atoms with Crippen molar-refractivity contribution < 1.29 is 24.3 Å². The molecule has 6 nitrogen and oxygen atoms in total. The number of aromatic hydroxyl groups is 1. The molecule has 0 aromatic heterocycles. The van der Waals surface area contributed by atoms with E-state index in [4.69, 9.17) is 0 Å². The van der Waals surface area contributed by atoms with Crippen LogP contribution in [0.25, 0.3) is 0 Å². The number of rotatable bonds is 3. The van der Waals surface area contributed by atoms with Crippen LogP contribution in [0.1, 0.15) is 64.5 Å². The lowest BCUT2D eigenvalue weighted by Gasteiger charge is -2.53. The number of carbonyl (C=O) groups excluding carboxylic acids is 4. The first-order chi connectivity index (χ1) is 17.3. The molecule has 5 rings (SSSR count). The van der Waals surface area contributed by atoms with Crippen LogP contribution < -0.4 is 0 Å². The molecule has 0 bridgehead atoms. The number of amides is 2. The maximum atomic E-state index is 13.9. The standard InChI is InChI=1S/C31H35NO5/c1-7-9-17-10-8-11-20(26(17)34)25-18-12-13-19-24(29(37)32(28(19)36)30(3,4)5)21(18)15-22-23(33)14-16(2)27(35)31(22,25)6/h7-8,10-12,14,19,21-22,24-25,34H,1,9,13,15H2,2-6H3/t19-,21+,22-,24-,25+,31+/m0/s1. The van der Waals surface area contributed by atoms with Crippen LogP contribution in [-0.4, -0.2) is 38.9 Å². The van der Waals surface area contributed by atoms with Crippen LogP contribution in [0.2, 0.25) is 0 Å². The molecule has 6 heteroatoms. The number of carbonyl (C=O) groups is 4. The summed E-state index contributed by atoms with van der Waals surface area (Å²) in [6.07, 6.45) is 6.34. The van der Waals surface area contributed by atoms with E-state index in [-0.39, 0.29) is 35.0 Å². The van der Waals surface area contributed by atoms with Gasteiger partial charge in [0.25, 0.3) is 0 Å². The Bertz CT molecular complexity index is 1310. The number of benzene rings is 1. The van der Waals surface area contributed by atoms with Crippen molar-refractivity contribution in [2.45, 2.75) is 65.3 Å². The second kappa shape index (κ2) is 8.37. The van der Waals surface area contributed by atoms with Gasteiger partial charge in [0.15, 0.2) is 11.6 Å². The molecule has 1 aromatic rings. The summed E-state index contributed by atoms with van der Waals surface area (Å²) in [7, 11) is 0. The van der Waals surface area contributed by atoms with Gasteiger partial charge in [-0.1, -0.05) is 42.8 Å². The van der Waals surface area contributed by atoms with Gasteiger partial charge in [-0.3, -0.25) is 24.1 Å². The molecule has 0 unspecified atom stereocenters. The fourth-order valence-electron chi connectivity index (χ4n) is 7.57. The van der Waals surface area contributed by atoms with Gasteiger partial charge in [0, 0.05) is 22.9 Å². The first-order valence-electron chi connectivity index (χ1n) is 13.1. The monoisotopic (exact) mass is 501 g/mol. The first kappa shape index (κ1) is 25.4. The summed E-state index contributed by atoms with van der Waals surface area (Å²) >= 11 is 0. The predicted molar refractivity (Wildman–Crippen MR) is 140 cm³/mol. The van der Waals surface area contributed by atoms with Crippen LogP contribution in [-0.2, 0) is 25.6 Å². The molecule has 37 heavy (non-hydrogen) atoms. The molecule has 1 N–H and O–H groups in total. The quantitative estimate of drug-likeness (QED) is 0.480. The number of phenols is 1. The van der Waals surface area contributed by atoms with Crippen molar-refractivity contribution >= 4 is 23.4 Å². The third-order valence-electron chi connectivity index (χ3n) is 9.14. The van der Waals surface area contributed by atoms with Gasteiger partial charge in [0.05, 0.1) is 17.3 Å². The highest BCUT2D eigenvalue weighted by Gasteiger charge is 2.64. The molecule has 2 fully saturated rings. The summed E-state index contributed by atoms with van der Waals surface area (Å²) < 4.78 is 0. The Morgan fingerprint density at radius 2 is 1.84 bits per heavy atom. The second-order valence-corrected chi connectivity index (χ2v) is 12.3. The summed E-state index contributed by atoms with van der Waals surface area (Å²) in [5.41, 5.74) is 0.818. The Balaban J connectivity index is 1.72. The van der Waals surface area contributed by atoms with Crippen molar-refractivity contribution in [3.63, 3.8) is 0 Å². The molecular weight excluding hydrogens is 466 g/mol. The minimum Gasteiger partial charge on any atom is -0.507 e. The number of hydrogen-bond donors (Lipinski definition) is 1. The van der Waals surface area contributed by atoms with Gasteiger partial charge in [0.2, 0.25) is 11.8 Å². The maximum absolute atomic E-state index is 13.9. The molecule has 6 atom stereocenters. The SMILES string of the molecule is C=CCc1cccc([C@H]2C3=CC[C@@H]4C(=O)N(C(C)(C)C)C(=O)[C@@H]4[C@@H]3C[C@H]3C(=O)C=C(C)C(=O)[C@@]23C)c1O. The Morgan fingerprint density at radius 3 is 2.49 bits per heavy atom. The van der Waals surface area contributed by atoms with Crippen molar-refractivity contribution in [3.05, 3.63) is 65.3 Å². The van der Waals surface area contributed by atoms with Crippen molar-refractivity contribution in [1.82, 2.24) is 4.90 Å². The molecule has 0 radical (unpaired) electrons. The lowest BCUT2D eigenvalue weighted by Crippen LogP contribution is -2.55. The predicted octanol–water partition coefficient (Wildman–Crippen LogP) is 4.67. The summed E-state index contributed by atoms with van der Waals surface area (Å²) in [5.74, 6) is -3.17. The third kappa shape index (κ3) is 3.44. The number of fused-ring (bicyclic) bond motifs is 4. The van der Waals surface area contributed by atoms with Crippen molar-refractivity contribution in [2.24, 2.45) is 29.1 Å². The summed E-state index contributed by atoms with van der Waals surface area (Å²) in [6.45, 7) is 12.9. The highest BCUT2D eigenvalue weighted by molar-refractivity contribution is 6.13. The second-order valence-electron chi connectivity index (χ2n) is 12.3. The molecule has 0 spiro atoms. The van der Waals surface area contributed by atoms with Gasteiger partial charge in [-0.15, -0.1) is 6.58 Å². The van der Waals surface area contributed by atoms with Crippen molar-refractivity contribution in [1.29, 1.82) is 0 Å². The van der Waals surface area contributed by atoms with E-state index < -0.39 is 34.6 Å². The lowest BCUT2D eigenvalue weighted by atomic mass is 9.47. The summed E-state index contributed by atoms with van der Waals surface area (Å²) in [4.78, 5) is 55.9. The Kier molecular flexibility index (Phi) is 5.74. The first-order valence-corrected chi connectivity index (χ1v) is 13.1. The van der Waals surface area contributed by atoms with Crippen LogP contribution in [0, 0.1) is 29.1 Å². The normalized spacial score (nSPS) is 33.4. The number of Topliss-reactive ketones (excluding diaryl/α,β-unsaturated/α-hetero) is 1. The van der Waals surface area contributed by atoms with Crippen molar-refractivity contribution in [3.8, 4) is 5.75 Å². The molecule has 3 aliphatic carbocycles. The number of para-hydroxylation sites is 1. The number of likely N-dealkylation sites (tertiary alicyclic amines) is 1.